The van der Waals surface area contributed by atoms with Gasteiger partial charge in [-0.1, -0.05) is 48.3 Å². The van der Waals surface area contributed by atoms with Crippen molar-refractivity contribution in [3.63, 3.8) is 0 Å². The molecule has 9 heteroatoms. The van der Waals surface area contributed by atoms with Crippen molar-refractivity contribution < 1.29 is 19.1 Å². The number of thiocarbonyl (C=S) groups is 1. The zero-order valence-corrected chi connectivity index (χ0v) is 20.4. The number of amides is 2. The largest absolute Gasteiger partial charge is 0.493 e. The Bertz CT molecular complexity index is 1060. The van der Waals surface area contributed by atoms with Crippen LogP contribution in [0.2, 0.25) is 0 Å². The van der Waals surface area contributed by atoms with E-state index < -0.39 is 0 Å². The number of para-hydroxylation sites is 1. The second kappa shape index (κ2) is 10.8. The molecule has 1 saturated heterocycles. The quantitative estimate of drug-likeness (QED) is 0.216. The van der Waals surface area contributed by atoms with Crippen LogP contribution in [0.5, 0.6) is 11.5 Å². The summed E-state index contributed by atoms with van der Waals surface area (Å²) in [6.45, 7) is 3.87. The Balaban J connectivity index is 1.74. The molecule has 31 heavy (non-hydrogen) atoms. The number of hydrogen-bond donors (Lipinski definition) is 1. The summed E-state index contributed by atoms with van der Waals surface area (Å²) in [4.78, 5) is 26.8. The third-order valence-corrected chi connectivity index (χ3v) is 6.32. The third kappa shape index (κ3) is 5.86. The molecule has 3 rings (SSSR count). The molecular formula is C22H19IN2O4S2. The van der Waals surface area contributed by atoms with Crippen LogP contribution in [0.1, 0.15) is 5.56 Å². The molecule has 0 aromatic heterocycles. The third-order valence-electron chi connectivity index (χ3n) is 4.14. The van der Waals surface area contributed by atoms with Crippen molar-refractivity contribution in [3.05, 3.63) is 69.2 Å². The van der Waals surface area contributed by atoms with Crippen molar-refractivity contribution in [1.82, 2.24) is 4.90 Å². The maximum atomic E-state index is 12.5. The first-order valence-electron chi connectivity index (χ1n) is 9.14. The van der Waals surface area contributed by atoms with Gasteiger partial charge in [0, 0.05) is 12.2 Å². The monoisotopic (exact) mass is 566 g/mol. The lowest BCUT2D eigenvalue weighted by molar-refractivity contribution is -0.121. The number of carbonyl (C=O) groups is 2. The highest BCUT2D eigenvalue weighted by Crippen LogP contribution is 2.37. The Morgan fingerprint density at radius 1 is 1.32 bits per heavy atom. The van der Waals surface area contributed by atoms with Crippen LogP contribution >= 0.6 is 46.6 Å². The first kappa shape index (κ1) is 23.3. The van der Waals surface area contributed by atoms with E-state index in [1.807, 2.05) is 24.3 Å². The van der Waals surface area contributed by atoms with E-state index >= 15 is 0 Å². The van der Waals surface area contributed by atoms with E-state index in [1.54, 1.807) is 30.4 Å². The SMILES string of the molecule is C=CCN1C(=O)/C(=C/c2cc(I)c(OCC(=O)Nc3ccccc3)c(OC)c2)SC1=S. The molecule has 2 aromatic rings. The summed E-state index contributed by atoms with van der Waals surface area (Å²) in [6.07, 6.45) is 3.40. The number of thioether (sulfide) groups is 1. The predicted molar refractivity (Wildman–Crippen MR) is 136 cm³/mol. The standard InChI is InChI=1S/C22H19IN2O4S2/c1-3-9-25-21(27)18(31-22(25)30)12-14-10-16(23)20(17(11-14)28-2)29-13-19(26)24-15-7-5-4-6-8-15/h3-8,10-12H,1,9,13H2,2H3,(H,24,26)/b18-12-. The van der Waals surface area contributed by atoms with Crippen molar-refractivity contribution >= 4 is 74.5 Å². The maximum absolute atomic E-state index is 12.5. The molecule has 160 valence electrons. The van der Waals surface area contributed by atoms with Gasteiger partial charge in [0.15, 0.2) is 18.1 Å². The first-order valence-corrected chi connectivity index (χ1v) is 11.4. The Labute approximate surface area is 203 Å². The fraction of sp³-hybridized carbons (Fsp3) is 0.136. The van der Waals surface area contributed by atoms with Gasteiger partial charge in [-0.15, -0.1) is 6.58 Å². The zero-order chi connectivity index (χ0) is 22.4. The van der Waals surface area contributed by atoms with E-state index in [0.717, 1.165) is 9.13 Å². The van der Waals surface area contributed by atoms with Crippen LogP contribution in [0.25, 0.3) is 6.08 Å². The summed E-state index contributed by atoms with van der Waals surface area (Å²) in [5, 5.41) is 2.77. The number of nitrogens with zero attached hydrogens (tertiary/aromatic N) is 1. The van der Waals surface area contributed by atoms with E-state index in [-0.39, 0.29) is 18.4 Å². The summed E-state index contributed by atoms with van der Waals surface area (Å²) in [5.41, 5.74) is 1.46. The average Bonchev–Trinajstić information content (AvgIpc) is 3.01. The van der Waals surface area contributed by atoms with Crippen molar-refractivity contribution in [1.29, 1.82) is 0 Å². The van der Waals surface area contributed by atoms with Crippen molar-refractivity contribution in [2.45, 2.75) is 0 Å². The molecule has 6 nitrogen and oxygen atoms in total. The van der Waals surface area contributed by atoms with Gasteiger partial charge < -0.3 is 14.8 Å². The molecule has 0 atom stereocenters. The van der Waals surface area contributed by atoms with Gasteiger partial charge >= 0.3 is 0 Å². The predicted octanol–water partition coefficient (Wildman–Crippen LogP) is 4.70. The summed E-state index contributed by atoms with van der Waals surface area (Å²) < 4.78 is 12.4. The molecule has 0 spiro atoms. The van der Waals surface area contributed by atoms with Crippen LogP contribution < -0.4 is 14.8 Å². The van der Waals surface area contributed by atoms with Crippen LogP contribution in [0.4, 0.5) is 5.69 Å². The summed E-state index contributed by atoms with van der Waals surface area (Å²) in [5.74, 6) is 0.496. The topological polar surface area (TPSA) is 67.9 Å². The van der Waals surface area contributed by atoms with Gasteiger partial charge in [-0.05, 0) is 58.5 Å². The van der Waals surface area contributed by atoms with Crippen LogP contribution in [0, 0.1) is 3.57 Å². The highest BCUT2D eigenvalue weighted by Gasteiger charge is 2.31. The number of benzene rings is 2. The second-order valence-corrected chi connectivity index (χ2v) is 9.16. The average molecular weight is 566 g/mol. The van der Waals surface area contributed by atoms with Gasteiger partial charge in [-0.2, -0.15) is 0 Å². The molecule has 1 aliphatic rings. The maximum Gasteiger partial charge on any atom is 0.266 e. The lowest BCUT2D eigenvalue weighted by Crippen LogP contribution is -2.27. The molecule has 0 aliphatic carbocycles. The number of rotatable bonds is 8. The van der Waals surface area contributed by atoms with Gasteiger partial charge in [0.1, 0.15) is 4.32 Å². The molecule has 1 N–H and O–H groups in total. The molecule has 0 bridgehead atoms. The minimum absolute atomic E-state index is 0.151. The summed E-state index contributed by atoms with van der Waals surface area (Å²) >= 11 is 8.63. The molecule has 1 aliphatic heterocycles. The van der Waals surface area contributed by atoms with Crippen LogP contribution in [-0.2, 0) is 9.59 Å². The number of ether oxygens (including phenoxy) is 2. The lowest BCUT2D eigenvalue weighted by atomic mass is 10.2. The van der Waals surface area contributed by atoms with Gasteiger partial charge in [0.25, 0.3) is 11.8 Å². The molecule has 0 saturated carbocycles. The number of methoxy groups -OCH3 is 1. The number of halogens is 1. The minimum Gasteiger partial charge on any atom is -0.493 e. The fourth-order valence-corrected chi connectivity index (χ4v) is 4.81. The van der Waals surface area contributed by atoms with Gasteiger partial charge in [-0.25, -0.2) is 0 Å². The van der Waals surface area contributed by atoms with Gasteiger partial charge in [0.2, 0.25) is 0 Å². The smallest absolute Gasteiger partial charge is 0.266 e. The van der Waals surface area contributed by atoms with Gasteiger partial charge in [0.05, 0.1) is 15.6 Å². The number of nitrogens with one attached hydrogen (secondary N) is 1. The summed E-state index contributed by atoms with van der Waals surface area (Å²) in [7, 11) is 1.52. The fourth-order valence-electron chi connectivity index (χ4n) is 2.76. The number of carbonyl (C=O) groups excluding carboxylic acids is 2. The van der Waals surface area contributed by atoms with E-state index in [4.69, 9.17) is 21.7 Å². The highest BCUT2D eigenvalue weighted by molar-refractivity contribution is 14.1. The molecule has 0 radical (unpaired) electrons. The molecule has 1 fully saturated rings. The zero-order valence-electron chi connectivity index (χ0n) is 16.6. The minimum atomic E-state index is -0.279. The van der Waals surface area contributed by atoms with Gasteiger partial charge in [-0.3, -0.25) is 14.5 Å². The van der Waals surface area contributed by atoms with E-state index in [9.17, 15) is 9.59 Å². The molecule has 1 heterocycles. The van der Waals surface area contributed by atoms with Crippen LogP contribution in [0.15, 0.2) is 60.0 Å². The number of hydrogen-bond acceptors (Lipinski definition) is 6. The van der Waals surface area contributed by atoms with E-state index in [1.165, 1.54) is 23.8 Å². The van der Waals surface area contributed by atoms with Crippen LogP contribution in [0.3, 0.4) is 0 Å². The Morgan fingerprint density at radius 2 is 2.06 bits per heavy atom. The Morgan fingerprint density at radius 3 is 2.74 bits per heavy atom. The lowest BCUT2D eigenvalue weighted by Gasteiger charge is -2.14. The van der Waals surface area contributed by atoms with E-state index in [2.05, 4.69) is 34.5 Å². The summed E-state index contributed by atoms with van der Waals surface area (Å²) in [6, 6.07) is 12.8. The first-order chi connectivity index (χ1) is 14.9. The van der Waals surface area contributed by atoms with Crippen LogP contribution in [-0.4, -0.2) is 41.3 Å². The molecule has 2 aromatic carbocycles. The normalized spacial score (nSPS) is 14.6. The van der Waals surface area contributed by atoms with Crippen molar-refractivity contribution in [3.8, 4) is 11.5 Å². The second-order valence-electron chi connectivity index (χ2n) is 6.32. The Hall–Kier alpha value is -2.37. The van der Waals surface area contributed by atoms with E-state index in [0.29, 0.717) is 33.0 Å². The highest BCUT2D eigenvalue weighted by atomic mass is 127. The molecule has 0 unspecified atom stereocenters. The Kier molecular flexibility index (Phi) is 8.10. The van der Waals surface area contributed by atoms with Crippen molar-refractivity contribution in [2.24, 2.45) is 0 Å². The van der Waals surface area contributed by atoms with Crippen molar-refractivity contribution in [2.75, 3.05) is 25.6 Å². The number of anilines is 1. The molecular weight excluding hydrogens is 547 g/mol. The molecule has 2 amide bonds.